The van der Waals surface area contributed by atoms with Gasteiger partial charge in [-0.05, 0) is 42.3 Å². The van der Waals surface area contributed by atoms with E-state index < -0.39 is 6.10 Å². The van der Waals surface area contributed by atoms with Gasteiger partial charge in [0, 0.05) is 39.1 Å². The lowest BCUT2D eigenvalue weighted by molar-refractivity contribution is 0.220. The van der Waals surface area contributed by atoms with Gasteiger partial charge in [-0.25, -0.2) is 0 Å². The van der Waals surface area contributed by atoms with Crippen molar-refractivity contribution in [2.45, 2.75) is 25.9 Å². The summed E-state index contributed by atoms with van der Waals surface area (Å²) in [6.07, 6.45) is 4.11. The van der Waals surface area contributed by atoms with Crippen molar-refractivity contribution >= 4 is 23.2 Å². The zero-order chi connectivity index (χ0) is 21.1. The van der Waals surface area contributed by atoms with Crippen LogP contribution in [0, 0.1) is 0 Å². The summed E-state index contributed by atoms with van der Waals surface area (Å²) in [6.45, 7) is 2.11. The molecule has 0 saturated heterocycles. The van der Waals surface area contributed by atoms with Crippen molar-refractivity contribution in [1.29, 1.82) is 0 Å². The fraction of sp³-hybridized carbons (Fsp3) is 0.167. The minimum Gasteiger partial charge on any atom is -0.383 e. The topological polar surface area (TPSA) is 59.2 Å². The highest BCUT2D eigenvalue weighted by atomic mass is 35.5. The Hall–Kier alpha value is -2.66. The Morgan fingerprint density at radius 3 is 2.60 bits per heavy atom. The second-order valence-corrected chi connectivity index (χ2v) is 7.90. The van der Waals surface area contributed by atoms with Gasteiger partial charge in [0.2, 0.25) is 0 Å². The van der Waals surface area contributed by atoms with Crippen LogP contribution in [0.2, 0.25) is 10.0 Å². The highest BCUT2D eigenvalue weighted by Crippen LogP contribution is 2.41. The molecule has 0 amide bonds. The first-order valence-electron chi connectivity index (χ1n) is 9.70. The van der Waals surface area contributed by atoms with Gasteiger partial charge in [0.1, 0.15) is 11.8 Å². The molecule has 30 heavy (non-hydrogen) atoms. The average molecular weight is 439 g/mol. The maximum absolute atomic E-state index is 11.3. The molecule has 1 unspecified atom stereocenters. The number of hydrogen-bond acceptors (Lipinski definition) is 4. The lowest BCUT2D eigenvalue weighted by Crippen LogP contribution is -2.03. The minimum atomic E-state index is -0.973. The van der Waals surface area contributed by atoms with Crippen LogP contribution in [0.1, 0.15) is 36.1 Å². The fourth-order valence-electron chi connectivity index (χ4n) is 3.56. The zero-order valence-corrected chi connectivity index (χ0v) is 17.9. The van der Waals surface area contributed by atoms with Gasteiger partial charge < -0.3 is 9.63 Å². The van der Waals surface area contributed by atoms with Crippen LogP contribution in [0.15, 0.2) is 71.5 Å². The van der Waals surface area contributed by atoms with Gasteiger partial charge in [-0.2, -0.15) is 0 Å². The molecule has 2 aromatic carbocycles. The van der Waals surface area contributed by atoms with Crippen molar-refractivity contribution in [1.82, 2.24) is 10.1 Å². The predicted octanol–water partition coefficient (Wildman–Crippen LogP) is 6.74. The lowest BCUT2D eigenvalue weighted by Gasteiger charge is -2.14. The van der Waals surface area contributed by atoms with Gasteiger partial charge in [-0.3, -0.25) is 4.98 Å². The van der Waals surface area contributed by atoms with Crippen LogP contribution >= 0.6 is 23.2 Å². The second kappa shape index (κ2) is 9.00. The molecule has 2 heterocycles. The molecule has 4 nitrogen and oxygen atoms in total. The molecule has 0 fully saturated rings. The van der Waals surface area contributed by atoms with Crippen LogP contribution < -0.4 is 0 Å². The van der Waals surface area contributed by atoms with Gasteiger partial charge >= 0.3 is 0 Å². The molecular weight excluding hydrogens is 419 g/mol. The number of aliphatic hydroxyl groups is 1. The molecule has 0 bridgehead atoms. The number of pyridine rings is 1. The SMILES string of the molecule is CCCc1cc(Cl)ccc1-c1noc(-c2cccc(Cl)c2)c1C(O)c1cccnc1. The van der Waals surface area contributed by atoms with Gasteiger partial charge in [0.05, 0.1) is 5.56 Å². The Morgan fingerprint density at radius 2 is 1.87 bits per heavy atom. The summed E-state index contributed by atoms with van der Waals surface area (Å²) in [4.78, 5) is 4.14. The van der Waals surface area contributed by atoms with Crippen molar-refractivity contribution < 1.29 is 9.63 Å². The maximum atomic E-state index is 11.3. The molecule has 0 aliphatic rings. The van der Waals surface area contributed by atoms with Crippen LogP contribution in [0.25, 0.3) is 22.6 Å². The zero-order valence-electron chi connectivity index (χ0n) is 16.3. The van der Waals surface area contributed by atoms with E-state index in [0.717, 1.165) is 29.5 Å². The molecule has 1 atom stereocenters. The number of hydrogen-bond donors (Lipinski definition) is 1. The van der Waals surface area contributed by atoms with E-state index in [1.165, 1.54) is 0 Å². The molecule has 0 aliphatic carbocycles. The standard InChI is InChI=1S/C24H20Cl2N2O2/c1-2-5-15-12-19(26)9-10-20(15)22-21(23(29)17-7-4-11-27-14-17)24(30-28-22)16-6-3-8-18(25)13-16/h3-4,6-14,23,29H,2,5H2,1H3. The quantitative estimate of drug-likeness (QED) is 0.361. The molecule has 0 saturated carbocycles. The van der Waals surface area contributed by atoms with Crippen LogP contribution in [0.4, 0.5) is 0 Å². The summed E-state index contributed by atoms with van der Waals surface area (Å²) >= 11 is 12.4. The maximum Gasteiger partial charge on any atom is 0.173 e. The normalized spacial score (nSPS) is 12.1. The molecule has 0 radical (unpaired) electrons. The first-order chi connectivity index (χ1) is 14.6. The molecule has 1 N–H and O–H groups in total. The van der Waals surface area contributed by atoms with E-state index in [9.17, 15) is 5.11 Å². The van der Waals surface area contributed by atoms with Crippen molar-refractivity contribution in [3.8, 4) is 22.6 Å². The summed E-state index contributed by atoms with van der Waals surface area (Å²) in [6, 6.07) is 16.6. The fourth-order valence-corrected chi connectivity index (χ4v) is 3.94. The van der Waals surface area contributed by atoms with Crippen molar-refractivity contribution in [3.05, 3.63) is 93.7 Å². The van der Waals surface area contributed by atoms with E-state index >= 15 is 0 Å². The number of rotatable bonds is 6. The summed E-state index contributed by atoms with van der Waals surface area (Å²) in [5, 5.41) is 16.9. The average Bonchev–Trinajstić information content (AvgIpc) is 3.19. The molecule has 2 aromatic heterocycles. The molecule has 4 rings (SSSR count). The van der Waals surface area contributed by atoms with E-state index in [2.05, 4.69) is 17.1 Å². The van der Waals surface area contributed by atoms with E-state index in [1.54, 1.807) is 30.6 Å². The van der Waals surface area contributed by atoms with E-state index in [1.807, 2.05) is 36.4 Å². The van der Waals surface area contributed by atoms with Crippen molar-refractivity contribution in [3.63, 3.8) is 0 Å². The monoisotopic (exact) mass is 438 g/mol. The summed E-state index contributed by atoms with van der Waals surface area (Å²) < 4.78 is 5.78. The predicted molar refractivity (Wildman–Crippen MR) is 120 cm³/mol. The summed E-state index contributed by atoms with van der Waals surface area (Å²) in [5.74, 6) is 0.473. The van der Waals surface area contributed by atoms with Gasteiger partial charge in [0.15, 0.2) is 5.76 Å². The third kappa shape index (κ3) is 4.12. The first-order valence-corrected chi connectivity index (χ1v) is 10.5. The summed E-state index contributed by atoms with van der Waals surface area (Å²) in [5.41, 5.74) is 4.49. The molecule has 0 aliphatic heterocycles. The van der Waals surface area contributed by atoms with Crippen molar-refractivity contribution in [2.24, 2.45) is 0 Å². The molecule has 4 aromatic rings. The van der Waals surface area contributed by atoms with Crippen LogP contribution in [-0.4, -0.2) is 15.2 Å². The number of aromatic nitrogens is 2. The van der Waals surface area contributed by atoms with Gasteiger partial charge in [-0.15, -0.1) is 0 Å². The van der Waals surface area contributed by atoms with Crippen LogP contribution in [0.3, 0.4) is 0 Å². The lowest BCUT2D eigenvalue weighted by atomic mass is 9.92. The third-order valence-electron chi connectivity index (χ3n) is 4.93. The van der Waals surface area contributed by atoms with Crippen LogP contribution in [0.5, 0.6) is 0 Å². The number of aliphatic hydroxyl groups excluding tert-OH is 1. The van der Waals surface area contributed by atoms with Gasteiger partial charge in [-0.1, -0.05) is 66.0 Å². The highest BCUT2D eigenvalue weighted by Gasteiger charge is 2.27. The number of nitrogens with zero attached hydrogens (tertiary/aromatic N) is 2. The van der Waals surface area contributed by atoms with E-state index in [4.69, 9.17) is 27.7 Å². The number of halogens is 2. The number of benzene rings is 2. The second-order valence-electron chi connectivity index (χ2n) is 7.02. The van der Waals surface area contributed by atoms with Crippen LogP contribution in [-0.2, 0) is 6.42 Å². The largest absolute Gasteiger partial charge is 0.383 e. The third-order valence-corrected chi connectivity index (χ3v) is 5.40. The Morgan fingerprint density at radius 1 is 1.03 bits per heavy atom. The number of aryl methyl sites for hydroxylation is 1. The molecule has 0 spiro atoms. The Labute approximate surface area is 185 Å². The van der Waals surface area contributed by atoms with E-state index in [-0.39, 0.29) is 0 Å². The van der Waals surface area contributed by atoms with Crippen molar-refractivity contribution in [2.75, 3.05) is 0 Å². The minimum absolute atomic E-state index is 0.473. The Kier molecular flexibility index (Phi) is 6.18. The van der Waals surface area contributed by atoms with Gasteiger partial charge in [0.25, 0.3) is 0 Å². The molecule has 152 valence electrons. The molecular formula is C24H20Cl2N2O2. The Bertz CT molecular complexity index is 1160. The highest BCUT2D eigenvalue weighted by molar-refractivity contribution is 6.31. The summed E-state index contributed by atoms with van der Waals surface area (Å²) in [7, 11) is 0. The Balaban J connectivity index is 1.94. The first kappa shape index (κ1) is 20.6. The smallest absolute Gasteiger partial charge is 0.173 e. The molecule has 6 heteroatoms. The van der Waals surface area contributed by atoms with E-state index in [0.29, 0.717) is 32.6 Å².